The van der Waals surface area contributed by atoms with Crippen LogP contribution < -0.4 is 0 Å². The van der Waals surface area contributed by atoms with E-state index in [4.69, 9.17) is 9.47 Å². The zero-order chi connectivity index (χ0) is 23.1. The summed E-state index contributed by atoms with van der Waals surface area (Å²) in [5, 5.41) is 22.9. The maximum atomic E-state index is 13.6. The topological polar surface area (TPSA) is 110 Å². The normalized spacial score (nSPS) is 47.9. The largest absolute Gasteiger partial charge is 0.462 e. The van der Waals surface area contributed by atoms with Crippen LogP contribution in [0.3, 0.4) is 0 Å². The van der Waals surface area contributed by atoms with Crippen LogP contribution in [0.2, 0.25) is 0 Å². The molecule has 4 fully saturated rings. The second kappa shape index (κ2) is 6.88. The maximum Gasteiger partial charge on any atom is 0.302 e. The summed E-state index contributed by atoms with van der Waals surface area (Å²) in [6, 6.07) is 0. The standard InChI is InChI=1S/C24H34O7/c1-11-19-14(30-12(2)25)9-16-23(6)15(10-17(27)24(16,20(11)28)21(19)29)22(4,5)8-7-18(23)31-13(3)26/h14-19,21,27,29H,1,7-10H2,2-6H3/t14-,15+,16-,17+,18-,19+,21+,23+,24-/m0/s1. The van der Waals surface area contributed by atoms with Gasteiger partial charge in [0.2, 0.25) is 0 Å². The Morgan fingerprint density at radius 3 is 2.23 bits per heavy atom. The summed E-state index contributed by atoms with van der Waals surface area (Å²) in [5.74, 6) is -2.53. The van der Waals surface area contributed by atoms with Crippen molar-refractivity contribution in [2.45, 2.75) is 84.7 Å². The molecule has 7 nitrogen and oxygen atoms in total. The van der Waals surface area contributed by atoms with Gasteiger partial charge in [-0.25, -0.2) is 0 Å². The third kappa shape index (κ3) is 2.75. The molecule has 4 aliphatic carbocycles. The SMILES string of the molecule is C=C1C(=O)[C@@]23[C@H](O)C[C@@H]4C(C)(C)CC[C@H](OC(C)=O)[C@@]4(C)[C@@H]2C[C@H](OC(C)=O)[C@@H]1[C@H]3O. The van der Waals surface area contributed by atoms with Crippen LogP contribution in [0.4, 0.5) is 0 Å². The Labute approximate surface area is 183 Å². The van der Waals surface area contributed by atoms with E-state index in [1.807, 2.05) is 6.92 Å². The van der Waals surface area contributed by atoms with Gasteiger partial charge in [-0.15, -0.1) is 0 Å². The molecule has 0 aliphatic heterocycles. The second-order valence-corrected chi connectivity index (χ2v) is 11.0. The van der Waals surface area contributed by atoms with E-state index in [2.05, 4.69) is 20.4 Å². The van der Waals surface area contributed by atoms with E-state index in [0.29, 0.717) is 19.3 Å². The molecule has 1 spiro atoms. The molecular weight excluding hydrogens is 400 g/mol. The molecule has 4 rings (SSSR count). The minimum absolute atomic E-state index is 0.0490. The molecule has 172 valence electrons. The van der Waals surface area contributed by atoms with Crippen LogP contribution in [0.5, 0.6) is 0 Å². The number of aliphatic hydroxyl groups excluding tert-OH is 2. The number of hydrogen-bond donors (Lipinski definition) is 2. The molecule has 0 radical (unpaired) electrons. The summed E-state index contributed by atoms with van der Waals surface area (Å²) in [6.45, 7) is 12.9. The first-order valence-electron chi connectivity index (χ1n) is 11.2. The molecule has 9 atom stereocenters. The molecule has 4 aliphatic rings. The van der Waals surface area contributed by atoms with Crippen molar-refractivity contribution in [3.05, 3.63) is 12.2 Å². The Balaban J connectivity index is 1.91. The molecule has 2 N–H and O–H groups in total. The number of ketones is 1. The number of carbonyl (C=O) groups is 3. The molecule has 0 saturated heterocycles. The molecule has 4 saturated carbocycles. The minimum Gasteiger partial charge on any atom is -0.462 e. The van der Waals surface area contributed by atoms with Gasteiger partial charge < -0.3 is 19.7 Å². The zero-order valence-corrected chi connectivity index (χ0v) is 19.0. The molecule has 2 bridgehead atoms. The first-order chi connectivity index (χ1) is 14.3. The number of rotatable bonds is 2. The van der Waals surface area contributed by atoms with Crippen LogP contribution in [-0.4, -0.2) is 52.4 Å². The Bertz CT molecular complexity index is 847. The van der Waals surface area contributed by atoms with Crippen molar-refractivity contribution in [3.63, 3.8) is 0 Å². The van der Waals surface area contributed by atoms with Crippen molar-refractivity contribution in [1.82, 2.24) is 0 Å². The quantitative estimate of drug-likeness (QED) is 0.506. The van der Waals surface area contributed by atoms with E-state index < -0.39 is 59.0 Å². The monoisotopic (exact) mass is 434 g/mol. The van der Waals surface area contributed by atoms with Crippen molar-refractivity contribution in [2.24, 2.45) is 34.0 Å². The molecule has 0 heterocycles. The molecule has 7 heteroatoms. The lowest BCUT2D eigenvalue weighted by Crippen LogP contribution is -2.71. The number of hydrogen-bond acceptors (Lipinski definition) is 7. The van der Waals surface area contributed by atoms with Gasteiger partial charge in [-0.2, -0.15) is 0 Å². The predicted molar refractivity (Wildman–Crippen MR) is 111 cm³/mol. The van der Waals surface area contributed by atoms with E-state index in [9.17, 15) is 24.6 Å². The Hall–Kier alpha value is -1.73. The fraction of sp³-hybridized carbons (Fsp3) is 0.792. The van der Waals surface area contributed by atoms with E-state index in [1.165, 1.54) is 13.8 Å². The average molecular weight is 435 g/mol. The van der Waals surface area contributed by atoms with Gasteiger partial charge in [-0.3, -0.25) is 14.4 Å². The van der Waals surface area contributed by atoms with Gasteiger partial charge in [0.15, 0.2) is 5.78 Å². The maximum absolute atomic E-state index is 13.6. The van der Waals surface area contributed by atoms with E-state index in [1.54, 1.807) is 0 Å². The first-order valence-corrected chi connectivity index (χ1v) is 11.2. The lowest BCUT2D eigenvalue weighted by Gasteiger charge is -2.67. The molecule has 0 amide bonds. The van der Waals surface area contributed by atoms with Crippen LogP contribution in [0.1, 0.15) is 60.3 Å². The summed E-state index contributed by atoms with van der Waals surface area (Å²) in [4.78, 5) is 37.5. The number of carbonyl (C=O) groups excluding carboxylic acids is 3. The third-order valence-electron chi connectivity index (χ3n) is 9.19. The zero-order valence-electron chi connectivity index (χ0n) is 19.0. The Morgan fingerprint density at radius 2 is 1.65 bits per heavy atom. The Morgan fingerprint density at radius 1 is 1.03 bits per heavy atom. The summed E-state index contributed by atoms with van der Waals surface area (Å²) < 4.78 is 11.4. The van der Waals surface area contributed by atoms with Gasteiger partial charge >= 0.3 is 11.9 Å². The number of Topliss-reactive ketones (excluding diaryl/α,β-unsaturated/α-hetero) is 1. The van der Waals surface area contributed by atoms with Crippen molar-refractivity contribution in [2.75, 3.05) is 0 Å². The average Bonchev–Trinajstić information content (AvgIpc) is 2.77. The molecule has 0 unspecified atom stereocenters. The fourth-order valence-electron chi connectivity index (χ4n) is 8.00. The molecule has 0 aromatic rings. The van der Waals surface area contributed by atoms with Gasteiger partial charge in [0, 0.05) is 19.3 Å². The molecule has 0 aromatic heterocycles. The number of fused-ring (bicyclic) bond motifs is 3. The van der Waals surface area contributed by atoms with Crippen molar-refractivity contribution in [1.29, 1.82) is 0 Å². The lowest BCUT2D eigenvalue weighted by molar-refractivity contribution is -0.266. The van der Waals surface area contributed by atoms with Crippen LogP contribution in [0.25, 0.3) is 0 Å². The van der Waals surface area contributed by atoms with Crippen LogP contribution >= 0.6 is 0 Å². The summed E-state index contributed by atoms with van der Waals surface area (Å²) >= 11 is 0. The number of ether oxygens (including phenoxy) is 2. The van der Waals surface area contributed by atoms with E-state index in [0.717, 1.165) is 6.42 Å². The van der Waals surface area contributed by atoms with Crippen LogP contribution in [-0.2, 0) is 23.9 Å². The predicted octanol–water partition coefficient (Wildman–Crippen LogP) is 2.18. The number of aliphatic hydroxyl groups is 2. The highest BCUT2D eigenvalue weighted by atomic mass is 16.5. The van der Waals surface area contributed by atoms with Crippen LogP contribution in [0.15, 0.2) is 12.2 Å². The number of esters is 2. The van der Waals surface area contributed by atoms with Crippen molar-refractivity contribution >= 4 is 17.7 Å². The van der Waals surface area contributed by atoms with Gasteiger partial charge in [0.25, 0.3) is 0 Å². The summed E-state index contributed by atoms with van der Waals surface area (Å²) in [7, 11) is 0. The summed E-state index contributed by atoms with van der Waals surface area (Å²) in [6.07, 6.45) is -1.33. The highest BCUT2D eigenvalue weighted by Gasteiger charge is 2.77. The summed E-state index contributed by atoms with van der Waals surface area (Å²) in [5.41, 5.74) is -2.06. The highest BCUT2D eigenvalue weighted by Crippen LogP contribution is 2.71. The van der Waals surface area contributed by atoms with E-state index >= 15 is 0 Å². The first kappa shape index (κ1) is 22.5. The molecular formula is C24H34O7. The fourth-order valence-corrected chi connectivity index (χ4v) is 8.00. The van der Waals surface area contributed by atoms with E-state index in [-0.39, 0.29) is 22.7 Å². The van der Waals surface area contributed by atoms with Crippen molar-refractivity contribution in [3.8, 4) is 0 Å². The highest BCUT2D eigenvalue weighted by molar-refractivity contribution is 6.04. The van der Waals surface area contributed by atoms with Gasteiger partial charge in [-0.1, -0.05) is 27.4 Å². The third-order valence-corrected chi connectivity index (χ3v) is 9.19. The second-order valence-electron chi connectivity index (χ2n) is 11.0. The van der Waals surface area contributed by atoms with Crippen LogP contribution in [0, 0.1) is 34.0 Å². The lowest BCUT2D eigenvalue weighted by atomic mass is 9.39. The minimum atomic E-state index is -1.42. The van der Waals surface area contributed by atoms with Gasteiger partial charge in [-0.05, 0) is 48.5 Å². The molecule has 31 heavy (non-hydrogen) atoms. The smallest absolute Gasteiger partial charge is 0.302 e. The van der Waals surface area contributed by atoms with Gasteiger partial charge in [0.1, 0.15) is 12.2 Å². The van der Waals surface area contributed by atoms with Gasteiger partial charge in [0.05, 0.1) is 23.5 Å². The molecule has 0 aromatic carbocycles. The Kier molecular flexibility index (Phi) is 4.99. The van der Waals surface area contributed by atoms with Crippen molar-refractivity contribution < 1.29 is 34.1 Å².